The van der Waals surface area contributed by atoms with E-state index in [1.807, 2.05) is 0 Å². The number of hydrogen-bond acceptors (Lipinski definition) is 4. The molecule has 0 bridgehead atoms. The summed E-state index contributed by atoms with van der Waals surface area (Å²) in [4.78, 5) is 21.5. The summed E-state index contributed by atoms with van der Waals surface area (Å²) in [5, 5.41) is 11.5. The first-order valence-corrected chi connectivity index (χ1v) is 4.88. The monoisotopic (exact) mass is 241 g/mol. The van der Waals surface area contributed by atoms with Gasteiger partial charge < -0.3 is 15.2 Å². The molecule has 0 aliphatic heterocycles. The number of hydrogen-bond donors (Lipinski definition) is 2. The first-order valence-electron chi connectivity index (χ1n) is 4.88. The summed E-state index contributed by atoms with van der Waals surface area (Å²) in [5.41, 5.74) is 0.0285. The Kier molecular flexibility index (Phi) is 4.45. The van der Waals surface area contributed by atoms with E-state index in [2.05, 4.69) is 10.1 Å². The van der Waals surface area contributed by atoms with Gasteiger partial charge in [0.25, 0.3) is 0 Å². The summed E-state index contributed by atoms with van der Waals surface area (Å²) in [6, 6.07) is 3.64. The van der Waals surface area contributed by atoms with Crippen molar-refractivity contribution >= 4 is 17.6 Å². The van der Waals surface area contributed by atoms with E-state index in [1.54, 1.807) is 0 Å². The zero-order valence-corrected chi connectivity index (χ0v) is 9.20. The Labute approximate surface area is 97.2 Å². The average molecular weight is 241 g/mol. The summed E-state index contributed by atoms with van der Waals surface area (Å²) in [7, 11) is 1.28. The van der Waals surface area contributed by atoms with Crippen LogP contribution in [0.15, 0.2) is 18.2 Å². The number of anilines is 1. The zero-order chi connectivity index (χ0) is 12.8. The number of halogens is 1. The van der Waals surface area contributed by atoms with Crippen LogP contribution in [0.5, 0.6) is 0 Å². The lowest BCUT2D eigenvalue weighted by molar-refractivity contribution is -0.140. The number of benzene rings is 1. The molecular weight excluding hydrogens is 229 g/mol. The number of carboxylic acids is 1. The van der Waals surface area contributed by atoms with Crippen molar-refractivity contribution in [3.8, 4) is 0 Å². The van der Waals surface area contributed by atoms with Crippen LogP contribution in [-0.4, -0.2) is 30.7 Å². The number of carbonyl (C=O) groups is 2. The van der Waals surface area contributed by atoms with E-state index in [1.165, 1.54) is 19.2 Å². The van der Waals surface area contributed by atoms with E-state index >= 15 is 0 Å². The first-order chi connectivity index (χ1) is 8.04. The van der Waals surface area contributed by atoms with Gasteiger partial charge in [-0.05, 0) is 18.2 Å². The Hall–Kier alpha value is -2.11. The Balaban J connectivity index is 2.63. The molecule has 0 saturated carbocycles. The van der Waals surface area contributed by atoms with Crippen LogP contribution < -0.4 is 5.32 Å². The van der Waals surface area contributed by atoms with E-state index in [0.29, 0.717) is 5.69 Å². The van der Waals surface area contributed by atoms with E-state index in [-0.39, 0.29) is 18.9 Å². The fourth-order valence-corrected chi connectivity index (χ4v) is 1.21. The molecule has 92 valence electrons. The molecule has 0 radical (unpaired) electrons. The number of ether oxygens (including phenoxy) is 1. The van der Waals surface area contributed by atoms with Gasteiger partial charge in [-0.25, -0.2) is 9.18 Å². The zero-order valence-electron chi connectivity index (χ0n) is 9.20. The molecule has 0 atom stereocenters. The van der Waals surface area contributed by atoms with E-state index in [4.69, 9.17) is 5.11 Å². The summed E-state index contributed by atoms with van der Waals surface area (Å²) < 4.78 is 17.5. The number of carboxylic acid groups (broad SMARTS) is 1. The van der Waals surface area contributed by atoms with Gasteiger partial charge in [0, 0.05) is 12.2 Å². The molecule has 0 unspecified atom stereocenters. The molecule has 17 heavy (non-hydrogen) atoms. The quantitative estimate of drug-likeness (QED) is 0.764. The van der Waals surface area contributed by atoms with Crippen molar-refractivity contribution in [3.05, 3.63) is 29.6 Å². The predicted molar refractivity (Wildman–Crippen MR) is 58.5 cm³/mol. The highest BCUT2D eigenvalue weighted by molar-refractivity contribution is 5.89. The third-order valence-corrected chi connectivity index (χ3v) is 2.08. The first kappa shape index (κ1) is 13.0. The maximum absolute atomic E-state index is 13.0. The highest BCUT2D eigenvalue weighted by Gasteiger charge is 2.10. The maximum atomic E-state index is 13.0. The molecule has 0 aliphatic carbocycles. The summed E-state index contributed by atoms with van der Waals surface area (Å²) in [5.74, 6) is -2.51. The Bertz CT molecular complexity index is 433. The Morgan fingerprint density at radius 1 is 1.47 bits per heavy atom. The van der Waals surface area contributed by atoms with E-state index < -0.39 is 17.3 Å². The van der Waals surface area contributed by atoms with Crippen molar-refractivity contribution in [3.63, 3.8) is 0 Å². The van der Waals surface area contributed by atoms with Crippen molar-refractivity contribution in [2.75, 3.05) is 19.0 Å². The van der Waals surface area contributed by atoms with Gasteiger partial charge in [0.15, 0.2) is 0 Å². The maximum Gasteiger partial charge on any atom is 0.338 e. The number of aromatic carboxylic acids is 1. The SMILES string of the molecule is COC(=O)CCNc1ccc(F)c(C(=O)O)c1. The van der Waals surface area contributed by atoms with Crippen molar-refractivity contribution in [2.45, 2.75) is 6.42 Å². The molecule has 0 spiro atoms. The molecule has 6 heteroatoms. The minimum atomic E-state index is -1.33. The van der Waals surface area contributed by atoms with Crippen LogP contribution in [0.4, 0.5) is 10.1 Å². The summed E-state index contributed by atoms with van der Waals surface area (Å²) in [6.45, 7) is 0.289. The average Bonchev–Trinajstić information content (AvgIpc) is 2.30. The number of carbonyl (C=O) groups excluding carboxylic acids is 1. The number of esters is 1. The van der Waals surface area contributed by atoms with Gasteiger partial charge in [-0.15, -0.1) is 0 Å². The topological polar surface area (TPSA) is 75.6 Å². The van der Waals surface area contributed by atoms with Gasteiger partial charge in [-0.2, -0.15) is 0 Å². The molecular formula is C11H12FNO4. The molecule has 1 aromatic rings. The van der Waals surface area contributed by atoms with Crippen LogP contribution in [0.3, 0.4) is 0 Å². The Morgan fingerprint density at radius 3 is 2.76 bits per heavy atom. The van der Waals surface area contributed by atoms with Crippen LogP contribution >= 0.6 is 0 Å². The number of methoxy groups -OCH3 is 1. The minimum Gasteiger partial charge on any atom is -0.478 e. The van der Waals surface area contributed by atoms with Gasteiger partial charge in [0.2, 0.25) is 0 Å². The predicted octanol–water partition coefficient (Wildman–Crippen LogP) is 1.50. The van der Waals surface area contributed by atoms with Crippen LogP contribution in [0.2, 0.25) is 0 Å². The van der Waals surface area contributed by atoms with Crippen LogP contribution in [0.1, 0.15) is 16.8 Å². The third-order valence-electron chi connectivity index (χ3n) is 2.08. The van der Waals surface area contributed by atoms with Crippen LogP contribution in [0, 0.1) is 5.82 Å². The molecule has 0 amide bonds. The van der Waals surface area contributed by atoms with Crippen molar-refractivity contribution in [1.29, 1.82) is 0 Å². The third kappa shape index (κ3) is 3.75. The minimum absolute atomic E-state index is 0.149. The van der Waals surface area contributed by atoms with Crippen molar-refractivity contribution < 1.29 is 23.8 Å². The van der Waals surface area contributed by atoms with E-state index in [9.17, 15) is 14.0 Å². The second-order valence-corrected chi connectivity index (χ2v) is 3.25. The molecule has 5 nitrogen and oxygen atoms in total. The lowest BCUT2D eigenvalue weighted by atomic mass is 10.2. The Morgan fingerprint density at radius 2 is 2.18 bits per heavy atom. The molecule has 1 rings (SSSR count). The normalized spacial score (nSPS) is 9.76. The lowest BCUT2D eigenvalue weighted by Crippen LogP contribution is -2.10. The second-order valence-electron chi connectivity index (χ2n) is 3.25. The fourth-order valence-electron chi connectivity index (χ4n) is 1.21. The molecule has 0 aromatic heterocycles. The highest BCUT2D eigenvalue weighted by atomic mass is 19.1. The van der Waals surface area contributed by atoms with Crippen LogP contribution in [-0.2, 0) is 9.53 Å². The van der Waals surface area contributed by atoms with Gasteiger partial charge in [0.1, 0.15) is 5.82 Å². The lowest BCUT2D eigenvalue weighted by Gasteiger charge is -2.06. The fraction of sp³-hybridized carbons (Fsp3) is 0.273. The molecule has 2 N–H and O–H groups in total. The molecule has 0 aliphatic rings. The number of rotatable bonds is 5. The van der Waals surface area contributed by atoms with Gasteiger partial charge >= 0.3 is 11.9 Å². The largest absolute Gasteiger partial charge is 0.478 e. The van der Waals surface area contributed by atoms with Gasteiger partial charge in [0.05, 0.1) is 19.1 Å². The van der Waals surface area contributed by atoms with Crippen LogP contribution in [0.25, 0.3) is 0 Å². The van der Waals surface area contributed by atoms with Gasteiger partial charge in [-0.3, -0.25) is 4.79 Å². The van der Waals surface area contributed by atoms with E-state index in [0.717, 1.165) is 6.07 Å². The molecule has 0 fully saturated rings. The molecule has 1 aromatic carbocycles. The summed E-state index contributed by atoms with van der Waals surface area (Å²) >= 11 is 0. The summed E-state index contributed by atoms with van der Waals surface area (Å²) in [6.07, 6.45) is 0.149. The smallest absolute Gasteiger partial charge is 0.338 e. The standard InChI is InChI=1S/C11H12FNO4/c1-17-10(14)4-5-13-7-2-3-9(12)8(6-7)11(15)16/h2-3,6,13H,4-5H2,1H3,(H,15,16). The van der Waals surface area contributed by atoms with Gasteiger partial charge in [-0.1, -0.05) is 0 Å². The highest BCUT2D eigenvalue weighted by Crippen LogP contribution is 2.14. The number of nitrogens with one attached hydrogen (secondary N) is 1. The molecule has 0 saturated heterocycles. The second kappa shape index (κ2) is 5.83. The molecule has 0 heterocycles. The van der Waals surface area contributed by atoms with Crippen molar-refractivity contribution in [2.24, 2.45) is 0 Å². The van der Waals surface area contributed by atoms with Crippen molar-refractivity contribution in [1.82, 2.24) is 0 Å².